The topological polar surface area (TPSA) is 63.2 Å². The summed E-state index contributed by atoms with van der Waals surface area (Å²) < 4.78 is 6.04. The van der Waals surface area contributed by atoms with Crippen molar-refractivity contribution in [3.8, 4) is 5.75 Å². The molecular weight excluding hydrogens is 386 g/mol. The second-order valence-electron chi connectivity index (χ2n) is 9.25. The molecule has 1 atom stereocenters. The molecule has 0 amide bonds. The molecule has 5 rings (SSSR count). The summed E-state index contributed by atoms with van der Waals surface area (Å²) >= 11 is 0. The van der Waals surface area contributed by atoms with Crippen LogP contribution in [0.4, 0.5) is 11.5 Å². The maximum Gasteiger partial charge on any atom is 0.148 e. The van der Waals surface area contributed by atoms with Gasteiger partial charge in [0.15, 0.2) is 0 Å². The Bertz CT molecular complexity index is 1080. The second-order valence-corrected chi connectivity index (χ2v) is 9.25. The summed E-state index contributed by atoms with van der Waals surface area (Å²) in [6.45, 7) is 8.37. The molecule has 1 aromatic carbocycles. The van der Waals surface area contributed by atoms with Crippen LogP contribution in [0.2, 0.25) is 0 Å². The molecule has 2 aliphatic heterocycles. The Morgan fingerprint density at radius 2 is 2.10 bits per heavy atom. The summed E-state index contributed by atoms with van der Waals surface area (Å²) in [6.07, 6.45) is 8.39. The number of nitrogens with zero attached hydrogens (tertiary/aromatic N) is 4. The number of aromatic nitrogens is 3. The van der Waals surface area contributed by atoms with Crippen LogP contribution in [-0.2, 0) is 13.0 Å². The number of hydrogen-bond donors (Lipinski definition) is 1. The SMILES string of the molecule is Cc1cc(Nc2cnccn2)cc([C@@H]2CCCN2Cc2ccc3c(c2)CC(C)(C)O3)n1. The molecule has 0 unspecified atom stereocenters. The molecule has 2 aliphatic rings. The average Bonchev–Trinajstić information content (AvgIpc) is 3.30. The van der Waals surface area contributed by atoms with Gasteiger partial charge in [-0.15, -0.1) is 0 Å². The summed E-state index contributed by atoms with van der Waals surface area (Å²) in [4.78, 5) is 15.9. The van der Waals surface area contributed by atoms with Gasteiger partial charge in [-0.1, -0.05) is 12.1 Å². The molecule has 0 spiro atoms. The van der Waals surface area contributed by atoms with Crippen LogP contribution in [0.3, 0.4) is 0 Å². The average molecular weight is 416 g/mol. The second kappa shape index (κ2) is 7.93. The van der Waals surface area contributed by atoms with Crippen molar-refractivity contribution >= 4 is 11.5 Å². The molecule has 1 fully saturated rings. The van der Waals surface area contributed by atoms with Crippen LogP contribution >= 0.6 is 0 Å². The fraction of sp³-hybridized carbons (Fsp3) is 0.400. The fourth-order valence-electron chi connectivity index (χ4n) is 4.79. The molecule has 160 valence electrons. The Balaban J connectivity index is 1.35. The quantitative estimate of drug-likeness (QED) is 0.634. The van der Waals surface area contributed by atoms with Crippen molar-refractivity contribution in [3.05, 3.63) is 71.4 Å². The third-order valence-corrected chi connectivity index (χ3v) is 6.03. The maximum atomic E-state index is 6.04. The first-order chi connectivity index (χ1) is 14.9. The minimum Gasteiger partial charge on any atom is -0.487 e. The highest BCUT2D eigenvalue weighted by molar-refractivity contribution is 5.56. The van der Waals surface area contributed by atoms with E-state index in [0.29, 0.717) is 6.04 Å². The van der Waals surface area contributed by atoms with E-state index in [-0.39, 0.29) is 5.60 Å². The van der Waals surface area contributed by atoms with Gasteiger partial charge in [0.2, 0.25) is 0 Å². The van der Waals surface area contributed by atoms with Crippen LogP contribution in [0.1, 0.15) is 55.2 Å². The number of ether oxygens (including phenoxy) is 1. The summed E-state index contributed by atoms with van der Waals surface area (Å²) in [5.74, 6) is 1.78. The van der Waals surface area contributed by atoms with Crippen LogP contribution in [0.25, 0.3) is 0 Å². The Morgan fingerprint density at radius 1 is 1.19 bits per heavy atom. The molecule has 1 N–H and O–H groups in total. The first-order valence-corrected chi connectivity index (χ1v) is 11.0. The monoisotopic (exact) mass is 415 g/mol. The van der Waals surface area contributed by atoms with Crippen molar-refractivity contribution in [1.82, 2.24) is 19.9 Å². The van der Waals surface area contributed by atoms with Gasteiger partial charge in [0, 0.05) is 36.7 Å². The zero-order valence-corrected chi connectivity index (χ0v) is 18.4. The minimum atomic E-state index is -0.102. The molecule has 0 saturated carbocycles. The summed E-state index contributed by atoms with van der Waals surface area (Å²) in [5, 5.41) is 3.36. The van der Waals surface area contributed by atoms with Crippen molar-refractivity contribution in [3.63, 3.8) is 0 Å². The standard InChI is InChI=1S/C25H29N5O/c1-17-11-20(29-24-15-26-8-9-27-24)13-21(28-17)22-5-4-10-30(22)16-18-6-7-23-19(12-18)14-25(2,3)31-23/h6-9,11-13,15,22H,4-5,10,14,16H2,1-3H3,(H,27,28,29)/t22-/m0/s1. The minimum absolute atomic E-state index is 0.102. The molecule has 1 saturated heterocycles. The lowest BCUT2D eigenvalue weighted by atomic mass is 10.00. The Morgan fingerprint density at radius 3 is 2.94 bits per heavy atom. The van der Waals surface area contributed by atoms with Gasteiger partial charge in [0.25, 0.3) is 0 Å². The normalized spacial score (nSPS) is 19.8. The Hall–Kier alpha value is -2.99. The molecule has 0 aliphatic carbocycles. The van der Waals surface area contributed by atoms with E-state index < -0.39 is 0 Å². The van der Waals surface area contributed by atoms with E-state index in [9.17, 15) is 0 Å². The first kappa shape index (κ1) is 19.9. The van der Waals surface area contributed by atoms with Crippen LogP contribution in [0.15, 0.2) is 48.9 Å². The molecule has 6 nitrogen and oxygen atoms in total. The van der Waals surface area contributed by atoms with E-state index in [1.54, 1.807) is 18.6 Å². The number of benzene rings is 1. The van der Waals surface area contributed by atoms with E-state index in [1.807, 2.05) is 6.92 Å². The number of aryl methyl sites for hydroxylation is 1. The molecule has 3 aromatic rings. The largest absolute Gasteiger partial charge is 0.487 e. The smallest absolute Gasteiger partial charge is 0.148 e. The van der Waals surface area contributed by atoms with Gasteiger partial charge in [0.1, 0.15) is 17.2 Å². The molecule has 4 heterocycles. The Kier molecular flexibility index (Phi) is 5.10. The molecule has 0 radical (unpaired) electrons. The fourth-order valence-corrected chi connectivity index (χ4v) is 4.79. The van der Waals surface area contributed by atoms with E-state index in [0.717, 1.165) is 54.6 Å². The highest BCUT2D eigenvalue weighted by Crippen LogP contribution is 2.37. The van der Waals surface area contributed by atoms with E-state index in [4.69, 9.17) is 9.72 Å². The van der Waals surface area contributed by atoms with Gasteiger partial charge in [-0.2, -0.15) is 0 Å². The molecular formula is C25H29N5O. The molecule has 6 heteroatoms. The van der Waals surface area contributed by atoms with Crippen molar-refractivity contribution < 1.29 is 4.74 Å². The van der Waals surface area contributed by atoms with Crippen LogP contribution in [-0.4, -0.2) is 32.0 Å². The maximum absolute atomic E-state index is 6.04. The number of anilines is 2. The lowest BCUT2D eigenvalue weighted by molar-refractivity contribution is 0.138. The lowest BCUT2D eigenvalue weighted by Gasteiger charge is -2.25. The first-order valence-electron chi connectivity index (χ1n) is 11.0. The number of likely N-dealkylation sites (tertiary alicyclic amines) is 1. The van der Waals surface area contributed by atoms with E-state index in [2.05, 4.69) is 64.4 Å². The van der Waals surface area contributed by atoms with Crippen LogP contribution < -0.4 is 10.1 Å². The van der Waals surface area contributed by atoms with Crippen molar-refractivity contribution in [2.24, 2.45) is 0 Å². The number of pyridine rings is 1. The van der Waals surface area contributed by atoms with Gasteiger partial charge in [-0.3, -0.25) is 14.9 Å². The van der Waals surface area contributed by atoms with Gasteiger partial charge < -0.3 is 10.1 Å². The van der Waals surface area contributed by atoms with E-state index in [1.165, 1.54) is 17.5 Å². The number of hydrogen-bond acceptors (Lipinski definition) is 6. The van der Waals surface area contributed by atoms with Gasteiger partial charge in [-0.05, 0) is 69.5 Å². The third kappa shape index (κ3) is 4.39. The summed E-state index contributed by atoms with van der Waals surface area (Å²) in [7, 11) is 0. The van der Waals surface area contributed by atoms with Gasteiger partial charge >= 0.3 is 0 Å². The van der Waals surface area contributed by atoms with Crippen molar-refractivity contribution in [2.45, 2.75) is 58.2 Å². The molecule has 2 aromatic heterocycles. The zero-order valence-electron chi connectivity index (χ0n) is 18.4. The zero-order chi connectivity index (χ0) is 21.4. The van der Waals surface area contributed by atoms with Crippen LogP contribution in [0.5, 0.6) is 5.75 Å². The van der Waals surface area contributed by atoms with Crippen molar-refractivity contribution in [2.75, 3.05) is 11.9 Å². The molecule has 0 bridgehead atoms. The number of nitrogens with one attached hydrogen (secondary N) is 1. The van der Waals surface area contributed by atoms with E-state index >= 15 is 0 Å². The number of rotatable bonds is 5. The molecule has 31 heavy (non-hydrogen) atoms. The van der Waals surface area contributed by atoms with Crippen LogP contribution in [0, 0.1) is 6.92 Å². The third-order valence-electron chi connectivity index (χ3n) is 6.03. The highest BCUT2D eigenvalue weighted by atomic mass is 16.5. The Labute approximate surface area is 183 Å². The van der Waals surface area contributed by atoms with Crippen molar-refractivity contribution in [1.29, 1.82) is 0 Å². The van der Waals surface area contributed by atoms with Gasteiger partial charge in [0.05, 0.1) is 17.9 Å². The van der Waals surface area contributed by atoms with Gasteiger partial charge in [-0.25, -0.2) is 4.98 Å². The number of fused-ring (bicyclic) bond motifs is 1. The highest BCUT2D eigenvalue weighted by Gasteiger charge is 2.31. The lowest BCUT2D eigenvalue weighted by Crippen LogP contribution is -2.24. The predicted molar refractivity (Wildman–Crippen MR) is 122 cm³/mol. The summed E-state index contributed by atoms with van der Waals surface area (Å²) in [6, 6.07) is 11.2. The summed E-state index contributed by atoms with van der Waals surface area (Å²) in [5.41, 5.74) is 5.70. The predicted octanol–water partition coefficient (Wildman–Crippen LogP) is 4.97.